The van der Waals surface area contributed by atoms with Crippen LogP contribution in [-0.2, 0) is 4.74 Å². The van der Waals surface area contributed by atoms with Gasteiger partial charge in [-0.1, -0.05) is 6.07 Å². The monoisotopic (exact) mass is 310 g/mol. The lowest BCUT2D eigenvalue weighted by Gasteiger charge is -2.33. The first-order valence-electron chi connectivity index (χ1n) is 7.47. The fraction of sp³-hybridized carbons (Fsp3) is 0.562. The Balaban J connectivity index is 1.89. The summed E-state index contributed by atoms with van der Waals surface area (Å²) in [5.74, 6) is -0.100. The summed E-state index contributed by atoms with van der Waals surface area (Å²) in [5.41, 5.74) is 0.883. The van der Waals surface area contributed by atoms with Gasteiger partial charge < -0.3 is 19.7 Å². The number of hydrogen-bond donors (Lipinski definition) is 1. The Morgan fingerprint density at radius 1 is 1.36 bits per heavy atom. The van der Waals surface area contributed by atoms with Crippen molar-refractivity contribution in [2.24, 2.45) is 0 Å². The van der Waals surface area contributed by atoms with E-state index in [4.69, 9.17) is 9.47 Å². The Morgan fingerprint density at radius 3 is 2.59 bits per heavy atom. The SMILES string of the molecule is COC(=O)N1CCC(NC(C)c2ccc(OC)c(F)c2)CC1. The number of methoxy groups -OCH3 is 2. The highest BCUT2D eigenvalue weighted by atomic mass is 19.1. The summed E-state index contributed by atoms with van der Waals surface area (Å²) >= 11 is 0. The molecule has 122 valence electrons. The lowest BCUT2D eigenvalue weighted by Crippen LogP contribution is -2.45. The third kappa shape index (κ3) is 3.88. The van der Waals surface area contributed by atoms with E-state index in [2.05, 4.69) is 5.32 Å². The molecule has 1 amide bonds. The molecule has 0 aliphatic carbocycles. The third-order valence-electron chi connectivity index (χ3n) is 4.09. The lowest BCUT2D eigenvalue weighted by molar-refractivity contribution is 0.109. The molecule has 1 aromatic rings. The molecule has 22 heavy (non-hydrogen) atoms. The minimum Gasteiger partial charge on any atom is -0.494 e. The summed E-state index contributed by atoms with van der Waals surface area (Å²) < 4.78 is 23.4. The summed E-state index contributed by atoms with van der Waals surface area (Å²) in [4.78, 5) is 13.1. The number of nitrogens with zero attached hydrogens (tertiary/aromatic N) is 1. The van der Waals surface area contributed by atoms with Crippen molar-refractivity contribution in [3.63, 3.8) is 0 Å². The molecule has 0 aromatic heterocycles. The Kier molecular flexibility index (Phi) is 5.60. The van der Waals surface area contributed by atoms with Crippen LogP contribution in [0.15, 0.2) is 18.2 Å². The molecule has 0 radical (unpaired) electrons. The minimum atomic E-state index is -0.353. The Morgan fingerprint density at radius 2 is 2.05 bits per heavy atom. The van der Waals surface area contributed by atoms with Gasteiger partial charge in [0.15, 0.2) is 11.6 Å². The largest absolute Gasteiger partial charge is 0.494 e. The predicted octanol–water partition coefficient (Wildman–Crippen LogP) is 2.72. The number of amides is 1. The number of likely N-dealkylation sites (tertiary alicyclic amines) is 1. The first-order chi connectivity index (χ1) is 10.5. The Hall–Kier alpha value is -1.82. The second-order valence-electron chi connectivity index (χ2n) is 5.51. The van der Waals surface area contributed by atoms with Gasteiger partial charge in [-0.3, -0.25) is 0 Å². The van der Waals surface area contributed by atoms with Crippen molar-refractivity contribution in [1.29, 1.82) is 0 Å². The van der Waals surface area contributed by atoms with Crippen LogP contribution in [-0.4, -0.2) is 44.3 Å². The van der Waals surface area contributed by atoms with Crippen molar-refractivity contribution in [3.8, 4) is 5.75 Å². The molecule has 1 aliphatic heterocycles. The molecular weight excluding hydrogens is 287 g/mol. The average molecular weight is 310 g/mol. The van der Waals surface area contributed by atoms with Crippen LogP contribution in [0.5, 0.6) is 5.75 Å². The summed E-state index contributed by atoms with van der Waals surface area (Å²) in [5, 5.41) is 3.49. The quantitative estimate of drug-likeness (QED) is 0.929. The molecule has 1 aromatic carbocycles. The van der Waals surface area contributed by atoms with E-state index in [0.717, 1.165) is 18.4 Å². The van der Waals surface area contributed by atoms with Crippen LogP contribution in [0.3, 0.4) is 0 Å². The van der Waals surface area contributed by atoms with E-state index in [-0.39, 0.29) is 23.7 Å². The molecule has 1 aliphatic rings. The highest BCUT2D eigenvalue weighted by molar-refractivity contribution is 5.67. The van der Waals surface area contributed by atoms with E-state index in [1.807, 2.05) is 13.0 Å². The van der Waals surface area contributed by atoms with Crippen LogP contribution < -0.4 is 10.1 Å². The summed E-state index contributed by atoms with van der Waals surface area (Å²) in [7, 11) is 2.85. The third-order valence-corrected chi connectivity index (χ3v) is 4.09. The van der Waals surface area contributed by atoms with Crippen molar-refractivity contribution in [3.05, 3.63) is 29.6 Å². The smallest absolute Gasteiger partial charge is 0.409 e. The first kappa shape index (κ1) is 16.5. The van der Waals surface area contributed by atoms with Crippen LogP contribution in [0, 0.1) is 5.82 Å². The normalized spacial score (nSPS) is 17.2. The second kappa shape index (κ2) is 7.45. The number of rotatable bonds is 4. The fourth-order valence-electron chi connectivity index (χ4n) is 2.76. The molecular formula is C16H23FN2O3. The van der Waals surface area contributed by atoms with E-state index >= 15 is 0 Å². The summed E-state index contributed by atoms with van der Waals surface area (Å²) in [6.45, 7) is 3.36. The maximum Gasteiger partial charge on any atom is 0.409 e. The molecule has 2 rings (SSSR count). The zero-order valence-electron chi connectivity index (χ0n) is 13.3. The van der Waals surface area contributed by atoms with Gasteiger partial charge in [-0.25, -0.2) is 9.18 Å². The summed E-state index contributed by atoms with van der Waals surface area (Å²) in [6, 6.07) is 5.35. The lowest BCUT2D eigenvalue weighted by atomic mass is 10.0. The van der Waals surface area contributed by atoms with Crippen molar-refractivity contribution >= 4 is 6.09 Å². The molecule has 1 atom stereocenters. The van der Waals surface area contributed by atoms with Crippen LogP contribution in [0.4, 0.5) is 9.18 Å². The molecule has 1 saturated heterocycles. The number of piperidine rings is 1. The second-order valence-corrected chi connectivity index (χ2v) is 5.51. The van der Waals surface area contributed by atoms with Gasteiger partial charge in [-0.05, 0) is 37.5 Å². The van der Waals surface area contributed by atoms with Gasteiger partial charge in [0.1, 0.15) is 0 Å². The molecule has 0 spiro atoms. The van der Waals surface area contributed by atoms with Gasteiger partial charge in [0.05, 0.1) is 14.2 Å². The number of carbonyl (C=O) groups excluding carboxylic acids is 1. The van der Waals surface area contributed by atoms with Crippen molar-refractivity contribution in [2.75, 3.05) is 27.3 Å². The van der Waals surface area contributed by atoms with Gasteiger partial charge in [0.2, 0.25) is 0 Å². The van der Waals surface area contributed by atoms with Crippen LogP contribution >= 0.6 is 0 Å². The number of carbonyl (C=O) groups is 1. The number of benzene rings is 1. The molecule has 1 unspecified atom stereocenters. The highest BCUT2D eigenvalue weighted by Gasteiger charge is 2.24. The zero-order valence-corrected chi connectivity index (χ0v) is 13.3. The van der Waals surface area contributed by atoms with Crippen molar-refractivity contribution in [1.82, 2.24) is 10.2 Å². The first-order valence-corrected chi connectivity index (χ1v) is 7.47. The average Bonchev–Trinajstić information content (AvgIpc) is 2.54. The van der Waals surface area contributed by atoms with Gasteiger partial charge in [0.25, 0.3) is 0 Å². The van der Waals surface area contributed by atoms with Crippen LogP contribution in [0.25, 0.3) is 0 Å². The maximum absolute atomic E-state index is 13.8. The number of ether oxygens (including phenoxy) is 2. The van der Waals surface area contributed by atoms with Crippen molar-refractivity contribution < 1.29 is 18.7 Å². The topological polar surface area (TPSA) is 50.8 Å². The number of halogens is 1. The molecule has 5 nitrogen and oxygen atoms in total. The molecule has 1 N–H and O–H groups in total. The Bertz CT molecular complexity index is 516. The Labute approximate surface area is 130 Å². The fourth-order valence-corrected chi connectivity index (χ4v) is 2.76. The van der Waals surface area contributed by atoms with E-state index < -0.39 is 0 Å². The van der Waals surface area contributed by atoms with Crippen LogP contribution in [0.1, 0.15) is 31.4 Å². The number of nitrogens with one attached hydrogen (secondary N) is 1. The van der Waals surface area contributed by atoms with Gasteiger partial charge >= 0.3 is 6.09 Å². The standard InChI is InChI=1S/C16H23FN2O3/c1-11(12-4-5-15(21-2)14(17)10-12)18-13-6-8-19(9-7-13)16(20)22-3/h4-5,10-11,13,18H,6-9H2,1-3H3. The van der Waals surface area contributed by atoms with Crippen LogP contribution in [0.2, 0.25) is 0 Å². The van der Waals surface area contributed by atoms with Gasteiger partial charge in [0, 0.05) is 25.2 Å². The molecule has 1 heterocycles. The minimum absolute atomic E-state index is 0.0371. The van der Waals surface area contributed by atoms with Gasteiger partial charge in [-0.15, -0.1) is 0 Å². The molecule has 0 bridgehead atoms. The van der Waals surface area contributed by atoms with E-state index in [1.54, 1.807) is 11.0 Å². The molecule has 1 fully saturated rings. The zero-order chi connectivity index (χ0) is 16.1. The van der Waals surface area contributed by atoms with Crippen molar-refractivity contribution in [2.45, 2.75) is 31.8 Å². The maximum atomic E-state index is 13.8. The summed E-state index contributed by atoms with van der Waals surface area (Å²) in [6.07, 6.45) is 1.44. The van der Waals surface area contributed by atoms with E-state index in [0.29, 0.717) is 19.1 Å². The number of hydrogen-bond acceptors (Lipinski definition) is 4. The van der Waals surface area contributed by atoms with E-state index in [9.17, 15) is 9.18 Å². The van der Waals surface area contributed by atoms with Gasteiger partial charge in [-0.2, -0.15) is 0 Å². The molecule has 6 heteroatoms. The molecule has 0 saturated carbocycles. The predicted molar refractivity (Wildman–Crippen MR) is 81.5 cm³/mol. The highest BCUT2D eigenvalue weighted by Crippen LogP contribution is 2.23. The van der Waals surface area contributed by atoms with E-state index in [1.165, 1.54) is 20.3 Å².